The highest BCUT2D eigenvalue weighted by atomic mass is 35.5. The van der Waals surface area contributed by atoms with Gasteiger partial charge in [0, 0.05) is 6.42 Å². The lowest BCUT2D eigenvalue weighted by Gasteiger charge is -2.05. The zero-order chi connectivity index (χ0) is 12.3. The Kier molecular flexibility index (Phi) is 3.69. The van der Waals surface area contributed by atoms with Crippen LogP contribution in [-0.4, -0.2) is 4.98 Å². The number of anilines is 1. The number of pyridine rings is 1. The summed E-state index contributed by atoms with van der Waals surface area (Å²) in [7, 11) is 0. The van der Waals surface area contributed by atoms with Gasteiger partial charge in [0.25, 0.3) is 0 Å². The molecule has 2 aromatic heterocycles. The summed E-state index contributed by atoms with van der Waals surface area (Å²) in [6.07, 6.45) is 2.64. The van der Waals surface area contributed by atoms with Crippen LogP contribution in [0, 0.1) is 6.92 Å². The second-order valence-corrected chi connectivity index (χ2v) is 4.26. The fraction of sp³-hybridized carbons (Fsp3) is 0.308. The first kappa shape index (κ1) is 12.0. The minimum absolute atomic E-state index is 0.543. The Morgan fingerprint density at radius 1 is 1.35 bits per heavy atom. The third-order valence-corrected chi connectivity index (χ3v) is 2.94. The monoisotopic (exact) mass is 250 g/mol. The molecule has 1 N–H and O–H groups in total. The SMILES string of the molecule is CCc1ccc(CNc2cnc(Cl)c(C)c2)o1. The normalized spacial score (nSPS) is 10.5. The summed E-state index contributed by atoms with van der Waals surface area (Å²) in [6.45, 7) is 4.66. The second kappa shape index (κ2) is 5.23. The number of aryl methyl sites for hydroxylation is 2. The van der Waals surface area contributed by atoms with Crippen LogP contribution in [0.25, 0.3) is 0 Å². The molecular formula is C13H15ClN2O. The first-order valence-electron chi connectivity index (χ1n) is 5.62. The predicted molar refractivity (Wildman–Crippen MR) is 69.4 cm³/mol. The zero-order valence-electron chi connectivity index (χ0n) is 9.96. The molecule has 0 aromatic carbocycles. The van der Waals surface area contributed by atoms with Gasteiger partial charge in [-0.15, -0.1) is 0 Å². The number of nitrogens with zero attached hydrogens (tertiary/aromatic N) is 1. The molecule has 0 aliphatic carbocycles. The Balaban J connectivity index is 1.99. The number of aromatic nitrogens is 1. The minimum atomic E-state index is 0.543. The summed E-state index contributed by atoms with van der Waals surface area (Å²) in [4.78, 5) is 4.08. The number of furan rings is 1. The van der Waals surface area contributed by atoms with Crippen molar-refractivity contribution in [2.24, 2.45) is 0 Å². The van der Waals surface area contributed by atoms with Crippen LogP contribution in [0.4, 0.5) is 5.69 Å². The molecule has 0 atom stereocenters. The Morgan fingerprint density at radius 2 is 2.12 bits per heavy atom. The molecule has 2 heterocycles. The third kappa shape index (κ3) is 3.01. The van der Waals surface area contributed by atoms with Crippen molar-refractivity contribution in [1.82, 2.24) is 4.98 Å². The van der Waals surface area contributed by atoms with Gasteiger partial charge in [0.2, 0.25) is 0 Å². The van der Waals surface area contributed by atoms with E-state index in [4.69, 9.17) is 16.0 Å². The Morgan fingerprint density at radius 3 is 2.76 bits per heavy atom. The van der Waals surface area contributed by atoms with E-state index < -0.39 is 0 Å². The number of rotatable bonds is 4. The van der Waals surface area contributed by atoms with Crippen molar-refractivity contribution in [1.29, 1.82) is 0 Å². The van der Waals surface area contributed by atoms with Gasteiger partial charge in [0.15, 0.2) is 0 Å². The summed E-state index contributed by atoms with van der Waals surface area (Å²) in [5.41, 5.74) is 1.91. The fourth-order valence-corrected chi connectivity index (χ4v) is 1.65. The number of nitrogens with one attached hydrogen (secondary N) is 1. The maximum Gasteiger partial charge on any atom is 0.132 e. The average molecular weight is 251 g/mol. The predicted octanol–water partition coefficient (Wildman–Crippen LogP) is 3.81. The van der Waals surface area contributed by atoms with E-state index >= 15 is 0 Å². The van der Waals surface area contributed by atoms with Crippen LogP contribution in [0.2, 0.25) is 5.15 Å². The molecule has 2 aromatic rings. The lowest BCUT2D eigenvalue weighted by molar-refractivity contribution is 0.476. The fourth-order valence-electron chi connectivity index (χ4n) is 1.55. The molecule has 0 amide bonds. The Labute approximate surface area is 106 Å². The lowest BCUT2D eigenvalue weighted by atomic mass is 10.3. The molecule has 0 spiro atoms. The largest absolute Gasteiger partial charge is 0.464 e. The molecule has 0 bridgehead atoms. The molecule has 90 valence electrons. The van der Waals surface area contributed by atoms with E-state index in [0.717, 1.165) is 29.2 Å². The van der Waals surface area contributed by atoms with Gasteiger partial charge in [-0.05, 0) is 30.7 Å². The molecule has 2 rings (SSSR count). The van der Waals surface area contributed by atoms with Crippen LogP contribution in [0.3, 0.4) is 0 Å². The third-order valence-electron chi connectivity index (χ3n) is 2.55. The van der Waals surface area contributed by atoms with Gasteiger partial charge < -0.3 is 9.73 Å². The van der Waals surface area contributed by atoms with Crippen LogP contribution < -0.4 is 5.32 Å². The van der Waals surface area contributed by atoms with Gasteiger partial charge in [-0.25, -0.2) is 4.98 Å². The summed E-state index contributed by atoms with van der Waals surface area (Å²) in [6, 6.07) is 5.96. The van der Waals surface area contributed by atoms with Gasteiger partial charge in [0.05, 0.1) is 18.4 Å². The molecular weight excluding hydrogens is 236 g/mol. The molecule has 0 saturated heterocycles. The summed E-state index contributed by atoms with van der Waals surface area (Å²) in [5, 5.41) is 3.79. The standard InChI is InChI=1S/C13H15ClN2O/c1-3-11-4-5-12(17-11)8-15-10-6-9(2)13(14)16-7-10/h4-7,15H,3,8H2,1-2H3. The lowest BCUT2D eigenvalue weighted by Crippen LogP contribution is -1.99. The number of halogens is 1. The van der Waals surface area contributed by atoms with E-state index in [2.05, 4.69) is 17.2 Å². The van der Waals surface area contributed by atoms with Crippen LogP contribution in [0.15, 0.2) is 28.8 Å². The summed E-state index contributed by atoms with van der Waals surface area (Å²) < 4.78 is 5.60. The summed E-state index contributed by atoms with van der Waals surface area (Å²) in [5.74, 6) is 1.93. The van der Waals surface area contributed by atoms with E-state index in [1.807, 2.05) is 25.1 Å². The van der Waals surface area contributed by atoms with E-state index in [0.29, 0.717) is 11.7 Å². The van der Waals surface area contributed by atoms with Crippen molar-refractivity contribution in [3.63, 3.8) is 0 Å². The number of hydrogen-bond donors (Lipinski definition) is 1. The van der Waals surface area contributed by atoms with Crippen LogP contribution in [-0.2, 0) is 13.0 Å². The molecule has 0 saturated carbocycles. The number of hydrogen-bond acceptors (Lipinski definition) is 3. The van der Waals surface area contributed by atoms with Crippen LogP contribution in [0.1, 0.15) is 24.0 Å². The van der Waals surface area contributed by atoms with E-state index in [-0.39, 0.29) is 0 Å². The molecule has 0 aliphatic rings. The van der Waals surface area contributed by atoms with Gasteiger partial charge in [-0.2, -0.15) is 0 Å². The topological polar surface area (TPSA) is 38.1 Å². The van der Waals surface area contributed by atoms with Crippen molar-refractivity contribution < 1.29 is 4.42 Å². The molecule has 4 heteroatoms. The highest BCUT2D eigenvalue weighted by Crippen LogP contribution is 2.17. The van der Waals surface area contributed by atoms with Crippen molar-refractivity contribution in [2.75, 3.05) is 5.32 Å². The van der Waals surface area contributed by atoms with Crippen LogP contribution >= 0.6 is 11.6 Å². The van der Waals surface area contributed by atoms with Crippen molar-refractivity contribution >= 4 is 17.3 Å². The smallest absolute Gasteiger partial charge is 0.132 e. The second-order valence-electron chi connectivity index (χ2n) is 3.91. The van der Waals surface area contributed by atoms with Gasteiger partial charge in [-0.3, -0.25) is 0 Å². The molecule has 0 fully saturated rings. The first-order valence-corrected chi connectivity index (χ1v) is 6.00. The minimum Gasteiger partial charge on any atom is -0.464 e. The average Bonchev–Trinajstić information content (AvgIpc) is 2.79. The molecule has 0 unspecified atom stereocenters. The summed E-state index contributed by atoms with van der Waals surface area (Å²) >= 11 is 5.86. The zero-order valence-corrected chi connectivity index (χ0v) is 10.7. The highest BCUT2D eigenvalue weighted by Gasteiger charge is 2.02. The molecule has 17 heavy (non-hydrogen) atoms. The van der Waals surface area contributed by atoms with Gasteiger partial charge >= 0.3 is 0 Å². The molecule has 3 nitrogen and oxygen atoms in total. The van der Waals surface area contributed by atoms with Gasteiger partial charge in [0.1, 0.15) is 16.7 Å². The van der Waals surface area contributed by atoms with Crippen molar-refractivity contribution in [3.05, 3.63) is 46.6 Å². The van der Waals surface area contributed by atoms with E-state index in [1.165, 1.54) is 0 Å². The Bertz CT molecular complexity index is 508. The maximum absolute atomic E-state index is 5.86. The highest BCUT2D eigenvalue weighted by molar-refractivity contribution is 6.30. The first-order chi connectivity index (χ1) is 8.19. The molecule has 0 aliphatic heterocycles. The van der Waals surface area contributed by atoms with Crippen molar-refractivity contribution in [3.8, 4) is 0 Å². The maximum atomic E-state index is 5.86. The van der Waals surface area contributed by atoms with Crippen molar-refractivity contribution in [2.45, 2.75) is 26.8 Å². The van der Waals surface area contributed by atoms with Gasteiger partial charge in [-0.1, -0.05) is 18.5 Å². The van der Waals surface area contributed by atoms with Crippen LogP contribution in [0.5, 0.6) is 0 Å². The van der Waals surface area contributed by atoms with E-state index in [9.17, 15) is 0 Å². The van der Waals surface area contributed by atoms with E-state index in [1.54, 1.807) is 6.20 Å². The quantitative estimate of drug-likeness (QED) is 0.839. The molecule has 0 radical (unpaired) electrons. The Hall–Kier alpha value is -1.48.